The van der Waals surface area contributed by atoms with Crippen LogP contribution in [0.15, 0.2) is 15.2 Å². The lowest BCUT2D eigenvalue weighted by Crippen LogP contribution is -2.40. The molecule has 16 heavy (non-hydrogen) atoms. The van der Waals surface area contributed by atoms with E-state index in [1.807, 2.05) is 0 Å². The van der Waals surface area contributed by atoms with Crippen LogP contribution in [0, 0.1) is 0 Å². The van der Waals surface area contributed by atoms with Gasteiger partial charge in [0.05, 0.1) is 3.79 Å². The molecule has 90 valence electrons. The predicted molar refractivity (Wildman–Crippen MR) is 71.8 cm³/mol. The molecule has 0 amide bonds. The second-order valence-corrected chi connectivity index (χ2v) is 6.68. The molecular weight excluding hydrogens is 286 g/mol. The molecular formula is C12H18BrNOS. The van der Waals surface area contributed by atoms with Crippen LogP contribution in [0.1, 0.15) is 31.2 Å². The highest BCUT2D eigenvalue weighted by atomic mass is 79.9. The van der Waals surface area contributed by atoms with Crippen molar-refractivity contribution in [2.75, 3.05) is 13.2 Å². The van der Waals surface area contributed by atoms with E-state index in [-0.39, 0.29) is 0 Å². The molecule has 1 aliphatic rings. The number of aliphatic hydroxyl groups is 1. The molecule has 0 bridgehead atoms. The van der Waals surface area contributed by atoms with Gasteiger partial charge in [-0.2, -0.15) is 0 Å². The Balaban J connectivity index is 1.90. The number of halogens is 1. The second-order valence-electron chi connectivity index (χ2n) is 4.39. The van der Waals surface area contributed by atoms with Gasteiger partial charge in [0.2, 0.25) is 0 Å². The second kappa shape index (κ2) is 6.15. The van der Waals surface area contributed by atoms with E-state index in [1.165, 1.54) is 28.6 Å². The first kappa shape index (κ1) is 12.6. The number of hydrogen-bond acceptors (Lipinski definition) is 3. The fourth-order valence-electron chi connectivity index (χ4n) is 2.08. The summed E-state index contributed by atoms with van der Waals surface area (Å²) in [4.78, 5) is 2.52. The van der Waals surface area contributed by atoms with E-state index in [0.29, 0.717) is 6.61 Å². The molecule has 4 heteroatoms. The van der Waals surface area contributed by atoms with Crippen LogP contribution in [0.25, 0.3) is 0 Å². The number of aliphatic hydroxyl groups excluding tert-OH is 1. The van der Waals surface area contributed by atoms with Crippen LogP contribution in [-0.4, -0.2) is 29.2 Å². The van der Waals surface area contributed by atoms with E-state index < -0.39 is 0 Å². The molecule has 0 aromatic carbocycles. The minimum absolute atomic E-state index is 0.302. The normalized spacial score (nSPS) is 16.7. The zero-order valence-electron chi connectivity index (χ0n) is 9.36. The quantitative estimate of drug-likeness (QED) is 0.872. The van der Waals surface area contributed by atoms with Crippen molar-refractivity contribution in [3.05, 3.63) is 20.8 Å². The Kier molecular flexibility index (Phi) is 4.82. The van der Waals surface area contributed by atoms with Crippen molar-refractivity contribution < 1.29 is 5.11 Å². The third-order valence-electron chi connectivity index (χ3n) is 3.20. The molecule has 2 rings (SSSR count). The standard InChI is InChI=1S/C12H18BrNOS/c13-12-7-10(9-16-12)8-14(5-2-6-15)11-3-1-4-11/h7,9,11,15H,1-6,8H2. The highest BCUT2D eigenvalue weighted by molar-refractivity contribution is 9.11. The van der Waals surface area contributed by atoms with Gasteiger partial charge >= 0.3 is 0 Å². The summed E-state index contributed by atoms with van der Waals surface area (Å²) in [5.41, 5.74) is 1.39. The van der Waals surface area contributed by atoms with E-state index in [4.69, 9.17) is 5.11 Å². The molecule has 1 heterocycles. The summed E-state index contributed by atoms with van der Waals surface area (Å²) >= 11 is 5.25. The highest BCUT2D eigenvalue weighted by Gasteiger charge is 2.24. The van der Waals surface area contributed by atoms with E-state index in [0.717, 1.165) is 25.6 Å². The maximum Gasteiger partial charge on any atom is 0.0701 e. The maximum absolute atomic E-state index is 8.93. The average Bonchev–Trinajstić information content (AvgIpc) is 2.58. The van der Waals surface area contributed by atoms with E-state index in [1.54, 1.807) is 11.3 Å². The van der Waals surface area contributed by atoms with Crippen LogP contribution >= 0.6 is 27.3 Å². The van der Waals surface area contributed by atoms with E-state index in [9.17, 15) is 0 Å². The maximum atomic E-state index is 8.93. The molecule has 1 N–H and O–H groups in total. The lowest BCUT2D eigenvalue weighted by molar-refractivity contribution is 0.109. The zero-order chi connectivity index (χ0) is 11.4. The van der Waals surface area contributed by atoms with Crippen molar-refractivity contribution in [1.29, 1.82) is 0 Å². The van der Waals surface area contributed by atoms with Crippen molar-refractivity contribution in [3.8, 4) is 0 Å². The van der Waals surface area contributed by atoms with Crippen molar-refractivity contribution in [2.24, 2.45) is 0 Å². The van der Waals surface area contributed by atoms with Gasteiger partial charge in [0.15, 0.2) is 0 Å². The van der Waals surface area contributed by atoms with Crippen molar-refractivity contribution in [1.82, 2.24) is 4.90 Å². The average molecular weight is 304 g/mol. The summed E-state index contributed by atoms with van der Waals surface area (Å²) < 4.78 is 1.21. The minimum Gasteiger partial charge on any atom is -0.396 e. The van der Waals surface area contributed by atoms with Gasteiger partial charge in [0.25, 0.3) is 0 Å². The Morgan fingerprint density at radius 3 is 2.81 bits per heavy atom. The molecule has 0 saturated heterocycles. The topological polar surface area (TPSA) is 23.5 Å². The van der Waals surface area contributed by atoms with Crippen LogP contribution in [0.2, 0.25) is 0 Å². The molecule has 2 nitrogen and oxygen atoms in total. The molecule has 1 saturated carbocycles. The zero-order valence-corrected chi connectivity index (χ0v) is 11.8. The Hall–Kier alpha value is 0.100. The summed E-state index contributed by atoms with van der Waals surface area (Å²) in [5.74, 6) is 0. The molecule has 0 unspecified atom stereocenters. The Morgan fingerprint density at radius 1 is 1.50 bits per heavy atom. The molecule has 0 spiro atoms. The van der Waals surface area contributed by atoms with Crippen molar-refractivity contribution in [2.45, 2.75) is 38.3 Å². The fraction of sp³-hybridized carbons (Fsp3) is 0.667. The molecule has 1 aromatic heterocycles. The van der Waals surface area contributed by atoms with E-state index >= 15 is 0 Å². The fourth-order valence-corrected chi connectivity index (χ4v) is 3.28. The summed E-state index contributed by atoms with van der Waals surface area (Å²) in [7, 11) is 0. The molecule has 0 radical (unpaired) electrons. The summed E-state index contributed by atoms with van der Waals surface area (Å²) in [6.45, 7) is 2.36. The van der Waals surface area contributed by atoms with Crippen LogP contribution in [0.4, 0.5) is 0 Å². The molecule has 1 aromatic rings. The number of thiophene rings is 1. The van der Waals surface area contributed by atoms with Gasteiger partial charge in [0.1, 0.15) is 0 Å². The van der Waals surface area contributed by atoms with Crippen molar-refractivity contribution in [3.63, 3.8) is 0 Å². The Bertz CT molecular complexity index is 325. The van der Waals surface area contributed by atoms with Gasteiger partial charge < -0.3 is 5.11 Å². The van der Waals surface area contributed by atoms with Gasteiger partial charge in [-0.25, -0.2) is 0 Å². The Labute approximate surface area is 109 Å². The number of nitrogens with zero attached hydrogens (tertiary/aromatic N) is 1. The lowest BCUT2D eigenvalue weighted by Gasteiger charge is -2.37. The van der Waals surface area contributed by atoms with Gasteiger partial charge in [-0.05, 0) is 52.2 Å². The smallest absolute Gasteiger partial charge is 0.0701 e. The molecule has 0 atom stereocenters. The van der Waals surface area contributed by atoms with Crippen molar-refractivity contribution >= 4 is 27.3 Å². The molecule has 0 aliphatic heterocycles. The SMILES string of the molecule is OCCCN(Cc1csc(Br)c1)C1CCC1. The first-order valence-corrected chi connectivity index (χ1v) is 7.54. The van der Waals surface area contributed by atoms with Gasteiger partial charge in [0, 0.05) is 25.7 Å². The number of hydrogen-bond donors (Lipinski definition) is 1. The Morgan fingerprint density at radius 2 is 2.31 bits per heavy atom. The summed E-state index contributed by atoms with van der Waals surface area (Å²) in [6.07, 6.45) is 4.92. The predicted octanol–water partition coefficient (Wildman–Crippen LogP) is 3.25. The largest absolute Gasteiger partial charge is 0.396 e. The first-order valence-electron chi connectivity index (χ1n) is 5.87. The lowest BCUT2D eigenvalue weighted by atomic mass is 9.91. The third-order valence-corrected chi connectivity index (χ3v) is 4.76. The number of rotatable bonds is 6. The van der Waals surface area contributed by atoms with E-state index in [2.05, 4.69) is 32.3 Å². The van der Waals surface area contributed by atoms with Gasteiger partial charge in [-0.1, -0.05) is 6.42 Å². The first-order chi connectivity index (χ1) is 7.79. The van der Waals surface area contributed by atoms with Crippen LogP contribution in [0.3, 0.4) is 0 Å². The highest BCUT2D eigenvalue weighted by Crippen LogP contribution is 2.28. The van der Waals surface area contributed by atoms with Crippen LogP contribution < -0.4 is 0 Å². The molecule has 1 fully saturated rings. The minimum atomic E-state index is 0.302. The van der Waals surface area contributed by atoms with Crippen LogP contribution in [0.5, 0.6) is 0 Å². The van der Waals surface area contributed by atoms with Gasteiger partial charge in [-0.3, -0.25) is 4.90 Å². The monoisotopic (exact) mass is 303 g/mol. The summed E-state index contributed by atoms with van der Waals surface area (Å²) in [6, 6.07) is 2.96. The molecule has 1 aliphatic carbocycles. The van der Waals surface area contributed by atoms with Gasteiger partial charge in [-0.15, -0.1) is 11.3 Å². The summed E-state index contributed by atoms with van der Waals surface area (Å²) in [5, 5.41) is 11.1. The third kappa shape index (κ3) is 3.29. The van der Waals surface area contributed by atoms with Crippen LogP contribution in [-0.2, 0) is 6.54 Å².